The number of methoxy groups -OCH3 is 1. The van der Waals surface area contributed by atoms with Crippen molar-refractivity contribution in [1.82, 2.24) is 9.97 Å². The maximum absolute atomic E-state index is 5.12. The van der Waals surface area contributed by atoms with E-state index in [-0.39, 0.29) is 6.04 Å². The molecule has 0 amide bonds. The fourth-order valence-electron chi connectivity index (χ4n) is 1.86. The maximum Gasteiger partial charge on any atom is 0.229 e. The number of thioether (sulfide) groups is 1. The van der Waals surface area contributed by atoms with Crippen molar-refractivity contribution in [2.75, 3.05) is 30.6 Å². The predicted molar refractivity (Wildman–Crippen MR) is 96.2 cm³/mol. The largest absolute Gasteiger partial charge is 0.383 e. The summed E-state index contributed by atoms with van der Waals surface area (Å²) in [6.45, 7) is 2.64. The van der Waals surface area contributed by atoms with Crippen LogP contribution in [-0.4, -0.2) is 36.0 Å². The molecule has 0 spiro atoms. The standard InChI is InChI=1S/C15H19BrN4OS/c1-10(9-21-2)18-14-13(16)8-17-15(20-14)19-11-4-6-12(22-3)7-5-11/h4-8,10H,9H2,1-3H3,(H2,17,18,19,20). The molecule has 2 N–H and O–H groups in total. The van der Waals surface area contributed by atoms with E-state index in [0.29, 0.717) is 12.6 Å². The molecule has 118 valence electrons. The van der Waals surface area contributed by atoms with Crippen molar-refractivity contribution in [3.05, 3.63) is 34.9 Å². The lowest BCUT2D eigenvalue weighted by Gasteiger charge is -2.15. The molecule has 0 bridgehead atoms. The van der Waals surface area contributed by atoms with Gasteiger partial charge >= 0.3 is 0 Å². The number of ether oxygens (including phenoxy) is 1. The highest BCUT2D eigenvalue weighted by Crippen LogP contribution is 2.23. The fraction of sp³-hybridized carbons (Fsp3) is 0.333. The molecule has 22 heavy (non-hydrogen) atoms. The first-order valence-corrected chi connectivity index (χ1v) is 8.83. The van der Waals surface area contributed by atoms with Gasteiger partial charge in [0, 0.05) is 29.9 Å². The summed E-state index contributed by atoms with van der Waals surface area (Å²) in [6, 6.07) is 8.30. The quantitative estimate of drug-likeness (QED) is 0.701. The number of nitrogens with zero attached hydrogens (tertiary/aromatic N) is 2. The minimum atomic E-state index is 0.157. The van der Waals surface area contributed by atoms with Crippen LogP contribution in [0.2, 0.25) is 0 Å². The molecule has 0 saturated heterocycles. The van der Waals surface area contributed by atoms with Crippen LogP contribution in [0.15, 0.2) is 39.8 Å². The molecule has 1 aromatic heterocycles. The normalized spacial score (nSPS) is 12.0. The van der Waals surface area contributed by atoms with E-state index in [2.05, 4.69) is 54.9 Å². The summed E-state index contributed by atoms with van der Waals surface area (Å²) in [5, 5.41) is 6.49. The van der Waals surface area contributed by atoms with Gasteiger partial charge < -0.3 is 15.4 Å². The monoisotopic (exact) mass is 382 g/mol. The average Bonchev–Trinajstić information content (AvgIpc) is 2.51. The van der Waals surface area contributed by atoms with Crippen molar-refractivity contribution in [3.63, 3.8) is 0 Å². The van der Waals surface area contributed by atoms with Gasteiger partial charge in [0.1, 0.15) is 5.82 Å². The Morgan fingerprint density at radius 2 is 2.05 bits per heavy atom. The molecule has 7 heteroatoms. The lowest BCUT2D eigenvalue weighted by Crippen LogP contribution is -2.22. The van der Waals surface area contributed by atoms with Gasteiger partial charge in [-0.15, -0.1) is 11.8 Å². The van der Waals surface area contributed by atoms with Crippen molar-refractivity contribution in [2.24, 2.45) is 0 Å². The number of rotatable bonds is 7. The van der Waals surface area contributed by atoms with Gasteiger partial charge in [-0.25, -0.2) is 4.98 Å². The van der Waals surface area contributed by atoms with Gasteiger partial charge in [-0.05, 0) is 53.4 Å². The molecule has 0 aliphatic heterocycles. The lowest BCUT2D eigenvalue weighted by atomic mass is 10.3. The number of aromatic nitrogens is 2. The van der Waals surface area contributed by atoms with Crippen molar-refractivity contribution >= 4 is 45.1 Å². The zero-order chi connectivity index (χ0) is 15.9. The van der Waals surface area contributed by atoms with Crippen molar-refractivity contribution in [3.8, 4) is 0 Å². The molecule has 0 radical (unpaired) electrons. The number of nitrogens with one attached hydrogen (secondary N) is 2. The third kappa shape index (κ3) is 4.86. The van der Waals surface area contributed by atoms with Gasteiger partial charge in [-0.1, -0.05) is 0 Å². The van der Waals surface area contributed by atoms with Crippen LogP contribution < -0.4 is 10.6 Å². The minimum Gasteiger partial charge on any atom is -0.383 e. The molecular formula is C15H19BrN4OS. The Morgan fingerprint density at radius 3 is 2.68 bits per heavy atom. The molecule has 2 rings (SSSR count). The molecule has 5 nitrogen and oxygen atoms in total. The Hall–Kier alpha value is -1.31. The molecular weight excluding hydrogens is 364 g/mol. The van der Waals surface area contributed by atoms with Gasteiger partial charge in [0.15, 0.2) is 0 Å². The number of hydrogen-bond acceptors (Lipinski definition) is 6. The van der Waals surface area contributed by atoms with Gasteiger partial charge in [-0.2, -0.15) is 4.98 Å². The van der Waals surface area contributed by atoms with Crippen LogP contribution in [-0.2, 0) is 4.74 Å². The third-order valence-corrected chi connectivity index (χ3v) is 4.21. The summed E-state index contributed by atoms with van der Waals surface area (Å²) >= 11 is 5.17. The van der Waals surface area contributed by atoms with Crippen molar-refractivity contribution in [1.29, 1.82) is 0 Å². The summed E-state index contributed by atoms with van der Waals surface area (Å²) in [6.07, 6.45) is 3.78. The minimum absolute atomic E-state index is 0.157. The number of halogens is 1. The topological polar surface area (TPSA) is 59.1 Å². The molecule has 1 atom stereocenters. The third-order valence-electron chi connectivity index (χ3n) is 2.89. The summed E-state index contributed by atoms with van der Waals surface area (Å²) < 4.78 is 5.94. The van der Waals surface area contributed by atoms with Crippen molar-refractivity contribution < 1.29 is 4.74 Å². The number of hydrogen-bond donors (Lipinski definition) is 2. The van der Waals surface area contributed by atoms with Gasteiger partial charge in [0.2, 0.25) is 5.95 Å². The number of benzene rings is 1. The molecule has 2 aromatic rings. The SMILES string of the molecule is COCC(C)Nc1nc(Nc2ccc(SC)cc2)ncc1Br. The van der Waals surface area contributed by atoms with E-state index in [0.717, 1.165) is 16.0 Å². The van der Waals surface area contributed by atoms with E-state index >= 15 is 0 Å². The van der Waals surface area contributed by atoms with Gasteiger partial charge in [0.25, 0.3) is 0 Å². The first-order valence-electron chi connectivity index (χ1n) is 6.81. The van der Waals surface area contributed by atoms with Crippen LogP contribution in [0.5, 0.6) is 0 Å². The van der Waals surface area contributed by atoms with Gasteiger partial charge in [-0.3, -0.25) is 0 Å². The smallest absolute Gasteiger partial charge is 0.229 e. The molecule has 0 aliphatic rings. The second kappa shape index (κ2) is 8.36. The van der Waals surface area contributed by atoms with E-state index < -0.39 is 0 Å². The van der Waals surface area contributed by atoms with E-state index in [9.17, 15) is 0 Å². The molecule has 1 unspecified atom stereocenters. The van der Waals surface area contributed by atoms with E-state index in [1.165, 1.54) is 4.90 Å². The molecule has 0 saturated carbocycles. The molecule has 0 aliphatic carbocycles. The van der Waals surface area contributed by atoms with E-state index in [1.807, 2.05) is 19.1 Å². The zero-order valence-electron chi connectivity index (χ0n) is 12.8. The predicted octanol–water partition coefficient (Wildman–Crippen LogP) is 4.15. The molecule has 0 fully saturated rings. The summed E-state index contributed by atoms with van der Waals surface area (Å²) in [5.74, 6) is 1.29. The van der Waals surface area contributed by atoms with Crippen molar-refractivity contribution in [2.45, 2.75) is 17.9 Å². The summed E-state index contributed by atoms with van der Waals surface area (Å²) in [4.78, 5) is 10.00. The maximum atomic E-state index is 5.12. The lowest BCUT2D eigenvalue weighted by molar-refractivity contribution is 0.190. The highest BCUT2D eigenvalue weighted by Gasteiger charge is 2.09. The highest BCUT2D eigenvalue weighted by molar-refractivity contribution is 9.10. The number of anilines is 3. The zero-order valence-corrected chi connectivity index (χ0v) is 15.2. The average molecular weight is 383 g/mol. The summed E-state index contributed by atoms with van der Waals surface area (Å²) in [5.41, 5.74) is 0.955. The van der Waals surface area contributed by atoms with E-state index in [4.69, 9.17) is 4.74 Å². The Kier molecular flexibility index (Phi) is 6.48. The second-order valence-corrected chi connectivity index (χ2v) is 6.48. The highest BCUT2D eigenvalue weighted by atomic mass is 79.9. The first-order chi connectivity index (χ1) is 10.6. The Balaban J connectivity index is 2.10. The fourth-order valence-corrected chi connectivity index (χ4v) is 2.57. The first kappa shape index (κ1) is 17.1. The Labute approximate surface area is 143 Å². The van der Waals surface area contributed by atoms with Crippen LogP contribution in [0, 0.1) is 0 Å². The van der Waals surface area contributed by atoms with Crippen LogP contribution in [0.4, 0.5) is 17.5 Å². The van der Waals surface area contributed by atoms with Crippen LogP contribution in [0.1, 0.15) is 6.92 Å². The Morgan fingerprint density at radius 1 is 1.32 bits per heavy atom. The van der Waals surface area contributed by atoms with Crippen LogP contribution in [0.3, 0.4) is 0 Å². The van der Waals surface area contributed by atoms with E-state index in [1.54, 1.807) is 25.1 Å². The summed E-state index contributed by atoms with van der Waals surface area (Å²) in [7, 11) is 1.68. The van der Waals surface area contributed by atoms with Crippen LogP contribution >= 0.6 is 27.7 Å². The molecule has 1 heterocycles. The van der Waals surface area contributed by atoms with Crippen LogP contribution in [0.25, 0.3) is 0 Å². The van der Waals surface area contributed by atoms with Gasteiger partial charge in [0.05, 0.1) is 11.1 Å². The molecule has 1 aromatic carbocycles. The Bertz CT molecular complexity index is 609. The second-order valence-electron chi connectivity index (χ2n) is 4.74.